The molecule has 0 fully saturated rings. The molecule has 3 N–H and O–H groups in total. The van der Waals surface area contributed by atoms with Crippen LogP contribution in [0.25, 0.3) is 10.8 Å². The first-order valence-corrected chi connectivity index (χ1v) is 7.12. The van der Waals surface area contributed by atoms with E-state index in [9.17, 15) is 9.90 Å². The molecular formula is C14H14ClN5O4Zr. The first-order chi connectivity index (χ1) is 11.2. The number of aromatic hydroxyl groups is 1. The fraction of sp³-hybridized carbons (Fsp3) is 0.0714. The number of phenols is 1. The maximum absolute atomic E-state index is 11.2. The Bertz CT molecular complexity index is 873. The summed E-state index contributed by atoms with van der Waals surface area (Å²) in [6.07, 6.45) is 1.26. The molecule has 0 unspecified atom stereocenters. The molecule has 0 bridgehead atoms. The standard InChI is InChI=1S/C13H9N5O3.CH4.ClH.O.Zr/c19-11-9(12(20)21)5-7-3-1-2-4-8(7)10(11)16-18-13-14-6-15-17-13;;;;/h1-6,19H,(H,20,21)(H,14,15,17);1H4;1H;;. The third-order valence-electron chi connectivity index (χ3n) is 2.87. The first-order valence-electron chi connectivity index (χ1n) is 6.12. The summed E-state index contributed by atoms with van der Waals surface area (Å²) in [5.74, 6) is -1.53. The number of nitrogens with one attached hydrogen (secondary N) is 1. The van der Waals surface area contributed by atoms with Gasteiger partial charge in [-0.15, -0.1) is 22.6 Å². The number of carbonyl (C=O) groups is 1. The second-order valence-electron chi connectivity index (χ2n) is 4.16. The van der Waals surface area contributed by atoms with Crippen molar-refractivity contribution in [3.8, 4) is 5.75 Å². The van der Waals surface area contributed by atoms with Crippen molar-refractivity contribution in [2.75, 3.05) is 0 Å². The number of hydrogen-bond acceptors (Lipinski definition) is 7. The molecule has 1 aromatic heterocycles. The number of fused-ring (bicyclic) bond motifs is 1. The van der Waals surface area contributed by atoms with E-state index in [4.69, 9.17) is 7.92 Å². The molecule has 1 heterocycles. The van der Waals surface area contributed by atoms with Crippen LogP contribution in [0.3, 0.4) is 0 Å². The number of benzene rings is 2. The van der Waals surface area contributed by atoms with Gasteiger partial charge in [0.25, 0.3) is 5.95 Å². The number of carboxylic acids is 1. The van der Waals surface area contributed by atoms with Crippen LogP contribution in [0.5, 0.6) is 5.75 Å². The summed E-state index contributed by atoms with van der Waals surface area (Å²) in [5.41, 5.74) is -0.165. The van der Waals surface area contributed by atoms with Crippen molar-refractivity contribution in [3.63, 3.8) is 0 Å². The Kier molecular flexibility index (Phi) is 9.55. The van der Waals surface area contributed by atoms with Crippen LogP contribution in [-0.4, -0.2) is 31.4 Å². The summed E-state index contributed by atoms with van der Waals surface area (Å²) < 4.78 is 8.34. The van der Waals surface area contributed by atoms with Gasteiger partial charge in [0.1, 0.15) is 17.6 Å². The van der Waals surface area contributed by atoms with Crippen LogP contribution < -0.4 is 0 Å². The van der Waals surface area contributed by atoms with E-state index in [1.807, 2.05) is 0 Å². The quantitative estimate of drug-likeness (QED) is 0.528. The van der Waals surface area contributed by atoms with Gasteiger partial charge in [0.15, 0.2) is 5.75 Å². The summed E-state index contributed by atoms with van der Waals surface area (Å²) in [6.45, 7) is 0. The van der Waals surface area contributed by atoms with E-state index in [1.54, 1.807) is 24.3 Å². The van der Waals surface area contributed by atoms with E-state index in [1.165, 1.54) is 12.4 Å². The van der Waals surface area contributed by atoms with E-state index in [0.29, 0.717) is 35.5 Å². The Morgan fingerprint density at radius 2 is 1.88 bits per heavy atom. The van der Waals surface area contributed by atoms with Crippen LogP contribution in [0.2, 0.25) is 0 Å². The minimum atomic E-state index is -1.24. The molecule has 0 aliphatic carbocycles. The number of aromatic nitrogens is 3. The molecule has 0 aliphatic rings. The molecule has 0 radical (unpaired) electrons. The molecule has 25 heavy (non-hydrogen) atoms. The first kappa shape index (κ1) is 22.7. The number of nitrogens with zero attached hydrogens (tertiary/aromatic N) is 4. The summed E-state index contributed by atoms with van der Waals surface area (Å²) in [5, 5.41) is 34.3. The van der Waals surface area contributed by atoms with Crippen LogP contribution >= 0.6 is 12.4 Å². The summed E-state index contributed by atoms with van der Waals surface area (Å²) in [4.78, 5) is 15.0. The Balaban J connectivity index is 0.00000139. The molecule has 0 aliphatic heterocycles. The Hall–Kier alpha value is -2.32. The predicted octanol–water partition coefficient (Wildman–Crippen LogP) is 3.71. The van der Waals surface area contributed by atoms with Crippen molar-refractivity contribution in [1.82, 2.24) is 15.2 Å². The van der Waals surface area contributed by atoms with E-state index in [2.05, 4.69) is 25.4 Å². The Morgan fingerprint density at radius 1 is 1.20 bits per heavy atom. The SMILES string of the molecule is C.Cl.O=C(O)c1cc2ccccc2c(N=Nc2ncn[nH]2)c1O.[O]=[Zr]. The molecular weight excluding hydrogens is 429 g/mol. The van der Waals surface area contributed by atoms with Gasteiger partial charge in [0, 0.05) is 5.39 Å². The second-order valence-corrected chi connectivity index (χ2v) is 4.16. The average molecular weight is 443 g/mol. The van der Waals surface area contributed by atoms with Crippen LogP contribution in [0.1, 0.15) is 17.8 Å². The Labute approximate surface area is 163 Å². The van der Waals surface area contributed by atoms with Crippen molar-refractivity contribution in [3.05, 3.63) is 42.2 Å². The van der Waals surface area contributed by atoms with Crippen molar-refractivity contribution in [2.24, 2.45) is 10.2 Å². The topological polar surface area (TPSA) is 141 Å². The van der Waals surface area contributed by atoms with Crippen molar-refractivity contribution < 1.29 is 42.5 Å². The zero-order chi connectivity index (χ0) is 16.8. The van der Waals surface area contributed by atoms with Gasteiger partial charge in [-0.3, -0.25) is 0 Å². The van der Waals surface area contributed by atoms with E-state index < -0.39 is 11.7 Å². The van der Waals surface area contributed by atoms with Crippen LogP contribution in [0.4, 0.5) is 11.6 Å². The average Bonchev–Trinajstić information content (AvgIpc) is 3.08. The molecule has 0 atom stereocenters. The molecule has 3 aromatic rings. The van der Waals surface area contributed by atoms with Crippen molar-refractivity contribution >= 4 is 40.8 Å². The Morgan fingerprint density at radius 3 is 2.48 bits per heavy atom. The zero-order valence-corrected chi connectivity index (χ0v) is 15.1. The van der Waals surface area contributed by atoms with Gasteiger partial charge in [-0.1, -0.05) is 31.7 Å². The number of H-pyrrole nitrogens is 1. The summed E-state index contributed by atoms with van der Waals surface area (Å²) in [6, 6.07) is 8.36. The third-order valence-corrected chi connectivity index (χ3v) is 2.87. The van der Waals surface area contributed by atoms with Gasteiger partial charge in [-0.2, -0.15) is 10.1 Å². The van der Waals surface area contributed by atoms with Gasteiger partial charge in [0.05, 0.1) is 0 Å². The molecule has 0 amide bonds. The van der Waals surface area contributed by atoms with Gasteiger partial charge < -0.3 is 10.2 Å². The summed E-state index contributed by atoms with van der Waals surface area (Å²) in [7, 11) is 0. The molecule has 0 saturated heterocycles. The molecule has 0 saturated carbocycles. The van der Waals surface area contributed by atoms with Crippen molar-refractivity contribution in [2.45, 2.75) is 7.43 Å². The number of aromatic amines is 1. The molecule has 2 aromatic carbocycles. The number of aromatic carboxylic acids is 1. The molecule has 0 spiro atoms. The zero-order valence-electron chi connectivity index (χ0n) is 11.9. The maximum atomic E-state index is 11.2. The number of rotatable bonds is 3. The van der Waals surface area contributed by atoms with Crippen LogP contribution in [0.15, 0.2) is 46.9 Å². The molecule has 3 rings (SSSR count). The fourth-order valence-electron chi connectivity index (χ4n) is 1.93. The minimum absolute atomic E-state index is 0. The van der Waals surface area contributed by atoms with Gasteiger partial charge in [0.2, 0.25) is 0 Å². The van der Waals surface area contributed by atoms with E-state index >= 15 is 0 Å². The number of carboxylic acid groups (broad SMARTS) is 1. The molecule has 130 valence electrons. The number of azo groups is 1. The number of halogens is 1. The van der Waals surface area contributed by atoms with E-state index in [0.717, 1.165) is 0 Å². The summed E-state index contributed by atoms with van der Waals surface area (Å²) >= 11 is 0.300. The van der Waals surface area contributed by atoms with Crippen LogP contribution in [-0.2, 0) is 27.5 Å². The molecule has 11 heteroatoms. The van der Waals surface area contributed by atoms with Gasteiger partial charge in [-0.05, 0) is 11.5 Å². The fourth-order valence-corrected chi connectivity index (χ4v) is 1.93. The molecule has 9 nitrogen and oxygen atoms in total. The van der Waals surface area contributed by atoms with Gasteiger partial charge >= 0.3 is 33.5 Å². The monoisotopic (exact) mass is 441 g/mol. The van der Waals surface area contributed by atoms with Gasteiger partial charge in [-0.25, -0.2) is 9.89 Å². The normalized spacial score (nSPS) is 9.56. The second kappa shape index (κ2) is 10.5. The third kappa shape index (κ3) is 5.08. The number of hydrogen-bond donors (Lipinski definition) is 3. The predicted molar refractivity (Wildman–Crippen MR) is 87.8 cm³/mol. The van der Waals surface area contributed by atoms with E-state index in [-0.39, 0.29) is 37.0 Å². The van der Waals surface area contributed by atoms with Crippen molar-refractivity contribution in [1.29, 1.82) is 0 Å². The van der Waals surface area contributed by atoms with Crippen LogP contribution in [0, 0.1) is 0 Å².